The minimum atomic E-state index is -3.25. The van der Waals surface area contributed by atoms with E-state index >= 15 is 0 Å². The number of fused-ring (bicyclic) bond motifs is 1. The number of rotatable bonds is 5. The van der Waals surface area contributed by atoms with Gasteiger partial charge in [-0.2, -0.15) is 5.10 Å². The third-order valence-corrected chi connectivity index (χ3v) is 5.34. The molecule has 1 aliphatic heterocycles. The highest BCUT2D eigenvalue weighted by Crippen LogP contribution is 2.22. The molecular formula is C16H20ClN3O3S. The molecule has 0 radical (unpaired) electrons. The van der Waals surface area contributed by atoms with Gasteiger partial charge in [0.15, 0.2) is 0 Å². The third-order valence-electron chi connectivity index (χ3n) is 4.05. The maximum Gasteiger partial charge on any atom is 0.150 e. The molecule has 0 spiro atoms. The van der Waals surface area contributed by atoms with Crippen LogP contribution in [-0.4, -0.2) is 46.8 Å². The molecule has 24 heavy (non-hydrogen) atoms. The van der Waals surface area contributed by atoms with Crippen LogP contribution in [0.25, 0.3) is 0 Å². The van der Waals surface area contributed by atoms with Crippen LogP contribution in [0, 0.1) is 0 Å². The second kappa shape index (κ2) is 6.84. The van der Waals surface area contributed by atoms with Gasteiger partial charge in [0.1, 0.15) is 15.9 Å². The highest BCUT2D eigenvalue weighted by Gasteiger charge is 2.23. The van der Waals surface area contributed by atoms with Crippen LogP contribution in [0.2, 0.25) is 5.02 Å². The standard InChI is InChI=1S/C16H20ClN3O3S/c1-24(22,23)11-16(21)15-8-13-10-19(6-7-20(13)18-15)9-12-4-2-3-5-14(12)17/h2-5,8,16,21H,6-7,9-11H2,1H3. The van der Waals surface area contributed by atoms with Gasteiger partial charge in [-0.25, -0.2) is 8.42 Å². The van der Waals surface area contributed by atoms with E-state index in [1.807, 2.05) is 28.9 Å². The van der Waals surface area contributed by atoms with Crippen molar-refractivity contribution >= 4 is 21.4 Å². The molecule has 2 heterocycles. The van der Waals surface area contributed by atoms with Crippen molar-refractivity contribution in [2.75, 3.05) is 18.6 Å². The Hall–Kier alpha value is -1.41. The van der Waals surface area contributed by atoms with Crippen LogP contribution < -0.4 is 0 Å². The van der Waals surface area contributed by atoms with Gasteiger partial charge in [0, 0.05) is 30.9 Å². The Balaban J connectivity index is 1.71. The Morgan fingerprint density at radius 1 is 1.33 bits per heavy atom. The monoisotopic (exact) mass is 369 g/mol. The lowest BCUT2D eigenvalue weighted by molar-refractivity contribution is 0.191. The summed E-state index contributed by atoms with van der Waals surface area (Å²) in [5, 5.41) is 15.2. The normalized spacial score (nSPS) is 16.8. The van der Waals surface area contributed by atoms with Crippen LogP contribution in [0.4, 0.5) is 0 Å². The molecule has 1 aliphatic rings. The molecule has 0 fully saturated rings. The number of aliphatic hydroxyl groups excluding tert-OH is 1. The molecule has 2 aromatic rings. The number of nitrogens with zero attached hydrogens (tertiary/aromatic N) is 3. The minimum absolute atomic E-state index is 0.313. The van der Waals surface area contributed by atoms with Gasteiger partial charge in [0.2, 0.25) is 0 Å². The molecule has 0 amide bonds. The van der Waals surface area contributed by atoms with Crippen LogP contribution in [0.1, 0.15) is 23.1 Å². The second-order valence-corrected chi connectivity index (χ2v) is 8.79. The lowest BCUT2D eigenvalue weighted by atomic mass is 10.2. The predicted octanol–water partition coefficient (Wildman–Crippen LogP) is 1.63. The molecule has 0 saturated carbocycles. The van der Waals surface area contributed by atoms with Crippen molar-refractivity contribution in [1.82, 2.24) is 14.7 Å². The van der Waals surface area contributed by atoms with E-state index < -0.39 is 15.9 Å². The first-order valence-electron chi connectivity index (χ1n) is 7.70. The summed E-state index contributed by atoms with van der Waals surface area (Å²) in [6.07, 6.45) is 0.0208. The van der Waals surface area contributed by atoms with Gasteiger partial charge < -0.3 is 5.11 Å². The summed E-state index contributed by atoms with van der Waals surface area (Å²) in [5.41, 5.74) is 2.45. The molecule has 130 valence electrons. The van der Waals surface area contributed by atoms with Crippen molar-refractivity contribution in [3.05, 3.63) is 52.3 Å². The van der Waals surface area contributed by atoms with Gasteiger partial charge in [-0.05, 0) is 17.7 Å². The fourth-order valence-electron chi connectivity index (χ4n) is 2.88. The Morgan fingerprint density at radius 3 is 2.79 bits per heavy atom. The number of benzene rings is 1. The average molecular weight is 370 g/mol. The van der Waals surface area contributed by atoms with Crippen molar-refractivity contribution in [3.63, 3.8) is 0 Å². The molecule has 3 rings (SSSR count). The van der Waals surface area contributed by atoms with E-state index in [9.17, 15) is 13.5 Å². The van der Waals surface area contributed by atoms with Crippen molar-refractivity contribution in [2.24, 2.45) is 0 Å². The molecule has 0 bridgehead atoms. The van der Waals surface area contributed by atoms with Crippen LogP contribution in [0.3, 0.4) is 0 Å². The smallest absolute Gasteiger partial charge is 0.150 e. The first-order valence-corrected chi connectivity index (χ1v) is 10.1. The summed E-state index contributed by atoms with van der Waals surface area (Å²) in [6, 6.07) is 9.55. The Bertz CT molecular complexity index is 835. The summed E-state index contributed by atoms with van der Waals surface area (Å²) < 4.78 is 24.5. The average Bonchev–Trinajstić information content (AvgIpc) is 2.91. The largest absolute Gasteiger partial charge is 0.386 e. The third kappa shape index (κ3) is 4.16. The van der Waals surface area contributed by atoms with E-state index in [0.717, 1.165) is 35.6 Å². The molecule has 1 aromatic carbocycles. The van der Waals surface area contributed by atoms with Crippen molar-refractivity contribution in [1.29, 1.82) is 0 Å². The van der Waals surface area contributed by atoms with Crippen LogP contribution in [0.15, 0.2) is 30.3 Å². The fraction of sp³-hybridized carbons (Fsp3) is 0.438. The second-order valence-electron chi connectivity index (χ2n) is 6.19. The Kier molecular flexibility index (Phi) is 4.96. The highest BCUT2D eigenvalue weighted by atomic mass is 35.5. The van der Waals surface area contributed by atoms with Crippen LogP contribution in [-0.2, 0) is 29.5 Å². The summed E-state index contributed by atoms with van der Waals surface area (Å²) in [5.74, 6) is -0.313. The molecule has 0 saturated heterocycles. The number of aliphatic hydroxyl groups is 1. The van der Waals surface area contributed by atoms with Crippen LogP contribution >= 0.6 is 11.6 Å². The van der Waals surface area contributed by atoms with E-state index in [1.54, 1.807) is 6.07 Å². The molecule has 1 N–H and O–H groups in total. The number of halogens is 1. The maximum absolute atomic E-state index is 11.3. The first kappa shape index (κ1) is 17.4. The predicted molar refractivity (Wildman–Crippen MR) is 92.5 cm³/mol. The van der Waals surface area contributed by atoms with Crippen molar-refractivity contribution in [2.45, 2.75) is 25.7 Å². The minimum Gasteiger partial charge on any atom is -0.386 e. The van der Waals surface area contributed by atoms with Gasteiger partial charge >= 0.3 is 0 Å². The molecule has 0 aliphatic carbocycles. The van der Waals surface area contributed by atoms with E-state index in [1.165, 1.54) is 0 Å². The molecule has 8 heteroatoms. The first-order chi connectivity index (χ1) is 11.3. The SMILES string of the molecule is CS(=O)(=O)CC(O)c1cc2n(n1)CCN(Cc1ccccc1Cl)C2. The molecular weight excluding hydrogens is 350 g/mol. The summed E-state index contributed by atoms with van der Waals surface area (Å²) in [6.45, 7) is 2.95. The van der Waals surface area contributed by atoms with Crippen molar-refractivity contribution < 1.29 is 13.5 Å². The number of hydrogen-bond donors (Lipinski definition) is 1. The number of aromatic nitrogens is 2. The van der Waals surface area contributed by atoms with Gasteiger partial charge in [-0.15, -0.1) is 0 Å². The maximum atomic E-state index is 11.3. The summed E-state index contributed by atoms with van der Waals surface area (Å²) >= 11 is 6.22. The van der Waals surface area contributed by atoms with E-state index in [4.69, 9.17) is 11.6 Å². The number of sulfone groups is 1. The van der Waals surface area contributed by atoms with Gasteiger partial charge in [-0.1, -0.05) is 29.8 Å². The summed E-state index contributed by atoms with van der Waals surface area (Å²) in [4.78, 5) is 2.25. The Morgan fingerprint density at radius 2 is 2.08 bits per heavy atom. The fourth-order valence-corrected chi connectivity index (χ4v) is 3.82. The lowest BCUT2D eigenvalue weighted by Gasteiger charge is -2.27. The van der Waals surface area contributed by atoms with Gasteiger partial charge in [0.25, 0.3) is 0 Å². The zero-order chi connectivity index (χ0) is 17.3. The zero-order valence-electron chi connectivity index (χ0n) is 13.4. The lowest BCUT2D eigenvalue weighted by Crippen LogP contribution is -2.33. The molecule has 1 unspecified atom stereocenters. The molecule has 1 aromatic heterocycles. The zero-order valence-corrected chi connectivity index (χ0v) is 15.0. The Labute approximate surface area is 146 Å². The van der Waals surface area contributed by atoms with Gasteiger partial charge in [-0.3, -0.25) is 9.58 Å². The van der Waals surface area contributed by atoms with Crippen LogP contribution in [0.5, 0.6) is 0 Å². The highest BCUT2D eigenvalue weighted by molar-refractivity contribution is 7.90. The topological polar surface area (TPSA) is 75.4 Å². The van der Waals surface area contributed by atoms with Crippen molar-refractivity contribution in [3.8, 4) is 0 Å². The quantitative estimate of drug-likeness (QED) is 0.867. The molecule has 6 nitrogen and oxygen atoms in total. The van der Waals surface area contributed by atoms with E-state index in [-0.39, 0.29) is 5.75 Å². The number of hydrogen-bond acceptors (Lipinski definition) is 5. The molecule has 1 atom stereocenters. The van der Waals surface area contributed by atoms with E-state index in [2.05, 4.69) is 10.00 Å². The van der Waals surface area contributed by atoms with Gasteiger partial charge in [0.05, 0.1) is 23.7 Å². The summed E-state index contributed by atoms with van der Waals surface area (Å²) in [7, 11) is -3.25. The van der Waals surface area contributed by atoms with E-state index in [0.29, 0.717) is 18.8 Å².